The van der Waals surface area contributed by atoms with Gasteiger partial charge in [-0.15, -0.1) is 0 Å². The van der Waals surface area contributed by atoms with Crippen molar-refractivity contribution in [3.8, 4) is 0 Å². The first-order valence-electron chi connectivity index (χ1n) is 6.20. The third-order valence-corrected chi connectivity index (χ3v) is 4.83. The summed E-state index contributed by atoms with van der Waals surface area (Å²) in [5.74, 6) is 0.0124. The lowest BCUT2D eigenvalue weighted by Gasteiger charge is -2.46. The number of rotatable bonds is 3. The molecule has 3 heteroatoms. The van der Waals surface area contributed by atoms with Crippen LogP contribution in [0, 0.1) is 16.7 Å². The summed E-state index contributed by atoms with van der Waals surface area (Å²) in [5, 5.41) is 8.58. The molecule has 1 aliphatic rings. The molecule has 0 bridgehead atoms. The second kappa shape index (κ2) is 4.74. The van der Waals surface area contributed by atoms with E-state index in [-0.39, 0.29) is 5.41 Å². The molecule has 0 spiro atoms. The zero-order valence-electron chi connectivity index (χ0n) is 10.9. The van der Waals surface area contributed by atoms with Gasteiger partial charge < -0.3 is 4.89 Å². The Morgan fingerprint density at radius 1 is 1.12 bits per heavy atom. The fraction of sp³-hybridized carbons (Fsp3) is 0.923. The van der Waals surface area contributed by atoms with E-state index in [0.717, 1.165) is 0 Å². The predicted molar refractivity (Wildman–Crippen MR) is 62.9 cm³/mol. The molecule has 1 saturated carbocycles. The molecule has 1 aliphatic carbocycles. The van der Waals surface area contributed by atoms with Crippen molar-refractivity contribution in [3.05, 3.63) is 0 Å². The van der Waals surface area contributed by atoms with E-state index in [1.165, 1.54) is 32.1 Å². The van der Waals surface area contributed by atoms with Crippen molar-refractivity contribution in [1.29, 1.82) is 0 Å². The van der Waals surface area contributed by atoms with Crippen LogP contribution in [0.2, 0.25) is 0 Å². The second-order valence-electron chi connectivity index (χ2n) is 6.06. The van der Waals surface area contributed by atoms with Gasteiger partial charge in [-0.1, -0.05) is 33.1 Å². The first kappa shape index (κ1) is 13.5. The van der Waals surface area contributed by atoms with Crippen molar-refractivity contribution in [3.63, 3.8) is 0 Å². The topological polar surface area (TPSA) is 46.5 Å². The maximum absolute atomic E-state index is 11.7. The highest BCUT2D eigenvalue weighted by Gasteiger charge is 2.49. The fourth-order valence-corrected chi connectivity index (χ4v) is 2.71. The summed E-state index contributed by atoms with van der Waals surface area (Å²) in [5.41, 5.74) is -0.795. The molecule has 0 heterocycles. The monoisotopic (exact) mass is 228 g/mol. The van der Waals surface area contributed by atoms with Crippen LogP contribution < -0.4 is 0 Å². The standard InChI is InChI=1S/C13H24O3/c1-12(2,10-8-6-5-7-9-10)13(3,4)11(14)16-15/h10,15H,5-9H2,1-4H3. The van der Waals surface area contributed by atoms with Gasteiger partial charge in [0, 0.05) is 0 Å². The van der Waals surface area contributed by atoms with E-state index >= 15 is 0 Å². The number of hydrogen-bond donors (Lipinski definition) is 1. The Labute approximate surface area is 98.1 Å². The highest BCUT2D eigenvalue weighted by atomic mass is 17.1. The molecule has 0 aliphatic heterocycles. The Bertz CT molecular complexity index is 250. The van der Waals surface area contributed by atoms with E-state index < -0.39 is 11.4 Å². The SMILES string of the molecule is CC(C)(C(=O)OO)C(C)(C)C1CCCCC1. The zero-order valence-corrected chi connectivity index (χ0v) is 10.9. The summed E-state index contributed by atoms with van der Waals surface area (Å²) in [7, 11) is 0. The third-order valence-electron chi connectivity index (χ3n) is 4.83. The molecule has 0 amide bonds. The van der Waals surface area contributed by atoms with Crippen molar-refractivity contribution in [2.75, 3.05) is 0 Å². The lowest BCUT2D eigenvalue weighted by atomic mass is 9.58. The minimum absolute atomic E-state index is 0.146. The second-order valence-corrected chi connectivity index (χ2v) is 6.06. The van der Waals surface area contributed by atoms with Crippen LogP contribution in [0.3, 0.4) is 0 Å². The van der Waals surface area contributed by atoms with Crippen LogP contribution in [-0.4, -0.2) is 11.2 Å². The molecule has 0 atom stereocenters. The molecular formula is C13H24O3. The van der Waals surface area contributed by atoms with E-state index in [1.807, 2.05) is 13.8 Å². The average Bonchev–Trinajstić information content (AvgIpc) is 2.28. The first-order chi connectivity index (χ1) is 7.34. The van der Waals surface area contributed by atoms with Crippen molar-refractivity contribution >= 4 is 5.97 Å². The number of hydrogen-bond acceptors (Lipinski definition) is 3. The van der Waals surface area contributed by atoms with E-state index in [4.69, 9.17) is 5.26 Å². The van der Waals surface area contributed by atoms with Gasteiger partial charge in [-0.2, -0.15) is 5.26 Å². The van der Waals surface area contributed by atoms with Crippen molar-refractivity contribution in [2.24, 2.45) is 16.7 Å². The highest BCUT2D eigenvalue weighted by Crippen LogP contribution is 2.50. The van der Waals surface area contributed by atoms with Crippen molar-refractivity contribution in [1.82, 2.24) is 0 Å². The normalized spacial score (nSPS) is 19.6. The molecule has 1 fully saturated rings. The van der Waals surface area contributed by atoms with Gasteiger partial charge in [-0.05, 0) is 38.0 Å². The van der Waals surface area contributed by atoms with E-state index in [0.29, 0.717) is 5.92 Å². The molecule has 0 saturated heterocycles. The van der Waals surface area contributed by atoms with Gasteiger partial charge in [0.05, 0.1) is 5.41 Å². The minimum Gasteiger partial charge on any atom is -0.300 e. The molecule has 0 unspecified atom stereocenters. The van der Waals surface area contributed by atoms with Crippen molar-refractivity contribution in [2.45, 2.75) is 59.8 Å². The Kier molecular flexibility index (Phi) is 4.00. The molecular weight excluding hydrogens is 204 g/mol. The number of carbonyl (C=O) groups is 1. The molecule has 3 nitrogen and oxygen atoms in total. The van der Waals surface area contributed by atoms with Crippen LogP contribution in [0.25, 0.3) is 0 Å². The fourth-order valence-electron chi connectivity index (χ4n) is 2.71. The molecule has 0 aromatic carbocycles. The van der Waals surface area contributed by atoms with Crippen LogP contribution in [0.4, 0.5) is 0 Å². The van der Waals surface area contributed by atoms with Crippen LogP contribution in [-0.2, 0) is 9.68 Å². The van der Waals surface area contributed by atoms with E-state index in [9.17, 15) is 4.79 Å². The maximum atomic E-state index is 11.7. The zero-order chi connectivity index (χ0) is 12.4. The van der Waals surface area contributed by atoms with Crippen LogP contribution >= 0.6 is 0 Å². The Morgan fingerprint density at radius 3 is 2.06 bits per heavy atom. The van der Waals surface area contributed by atoms with Gasteiger partial charge in [-0.25, -0.2) is 4.79 Å². The van der Waals surface area contributed by atoms with Crippen LogP contribution in [0.1, 0.15) is 59.8 Å². The quantitative estimate of drug-likeness (QED) is 0.592. The Hall–Kier alpha value is -0.570. The van der Waals surface area contributed by atoms with E-state index in [1.54, 1.807) is 0 Å². The Balaban J connectivity index is 2.85. The van der Waals surface area contributed by atoms with Gasteiger partial charge in [0.2, 0.25) is 0 Å². The predicted octanol–water partition coefficient (Wildman–Crippen LogP) is 3.64. The summed E-state index contributed by atoms with van der Waals surface area (Å²) in [4.78, 5) is 15.6. The van der Waals surface area contributed by atoms with Gasteiger partial charge in [-0.3, -0.25) is 0 Å². The summed E-state index contributed by atoms with van der Waals surface area (Å²) >= 11 is 0. The number of carbonyl (C=O) groups excluding carboxylic acids is 1. The molecule has 94 valence electrons. The largest absolute Gasteiger partial charge is 0.348 e. The molecule has 0 aromatic heterocycles. The van der Waals surface area contributed by atoms with E-state index in [2.05, 4.69) is 18.7 Å². The summed E-state index contributed by atoms with van der Waals surface area (Å²) in [6.07, 6.45) is 6.15. The van der Waals surface area contributed by atoms with Crippen LogP contribution in [0.15, 0.2) is 0 Å². The van der Waals surface area contributed by atoms with Crippen molar-refractivity contribution < 1.29 is 14.9 Å². The van der Waals surface area contributed by atoms with Gasteiger partial charge in [0.25, 0.3) is 0 Å². The summed E-state index contributed by atoms with van der Waals surface area (Å²) in [6.45, 7) is 7.94. The first-order valence-corrected chi connectivity index (χ1v) is 6.20. The highest BCUT2D eigenvalue weighted by molar-refractivity contribution is 5.76. The van der Waals surface area contributed by atoms with Crippen LogP contribution in [0.5, 0.6) is 0 Å². The third kappa shape index (κ3) is 2.24. The summed E-state index contributed by atoms with van der Waals surface area (Å²) in [6, 6.07) is 0. The minimum atomic E-state index is -0.649. The molecule has 0 radical (unpaired) electrons. The molecule has 0 aromatic rings. The van der Waals surface area contributed by atoms with Gasteiger partial charge in [0.15, 0.2) is 0 Å². The smallest absolute Gasteiger partial charge is 0.300 e. The van der Waals surface area contributed by atoms with Gasteiger partial charge in [0.1, 0.15) is 0 Å². The molecule has 1 N–H and O–H groups in total. The lowest BCUT2D eigenvalue weighted by molar-refractivity contribution is -0.251. The average molecular weight is 228 g/mol. The maximum Gasteiger partial charge on any atom is 0.348 e. The Morgan fingerprint density at radius 2 is 1.62 bits per heavy atom. The molecule has 16 heavy (non-hydrogen) atoms. The lowest BCUT2D eigenvalue weighted by Crippen LogP contribution is -2.45. The van der Waals surface area contributed by atoms with Gasteiger partial charge >= 0.3 is 5.97 Å². The molecule has 1 rings (SSSR count). The summed E-state index contributed by atoms with van der Waals surface area (Å²) < 4.78 is 0.